The van der Waals surface area contributed by atoms with E-state index >= 15 is 26.3 Å². The summed E-state index contributed by atoms with van der Waals surface area (Å²) in [6.45, 7) is 0. The average molecular weight is 1310 g/mol. The molecular weight excluding hydrogens is 1260 g/mol. The summed E-state index contributed by atoms with van der Waals surface area (Å²) in [5.41, 5.74) is 10.0. The highest BCUT2D eigenvalue weighted by Gasteiger charge is 2.40. The number of nitrogens with zero attached hydrogens (tertiary/aromatic N) is 7. The number of rotatable bonds is 7. The number of halogens is 6. The maximum atomic E-state index is 16.6. The minimum absolute atomic E-state index is 0.0615. The van der Waals surface area contributed by atoms with Gasteiger partial charge in [0.2, 0.25) is 0 Å². The van der Waals surface area contributed by atoms with E-state index in [1.54, 1.807) is 12.1 Å². The third-order valence-corrected chi connectivity index (χ3v) is 20.4. The fraction of sp³-hybridized carbons (Fsp3) is 0.0230. The highest BCUT2D eigenvalue weighted by Crippen LogP contribution is 2.50. The van der Waals surface area contributed by atoms with Crippen LogP contribution in [0.3, 0.4) is 0 Å². The largest absolute Gasteiger partial charge is 0.417 e. The molecule has 6 heterocycles. The number of hydrogen-bond donors (Lipinski definition) is 0. The Labute approximate surface area is 564 Å². The van der Waals surface area contributed by atoms with Crippen LogP contribution >= 0.6 is 0 Å². The molecule has 7 nitrogen and oxygen atoms in total. The monoisotopic (exact) mass is 1310 g/mol. The molecule has 0 aliphatic heterocycles. The maximum Gasteiger partial charge on any atom is 0.417 e. The third kappa shape index (κ3) is 8.22. The molecule has 474 valence electrons. The first-order chi connectivity index (χ1) is 48.9. The van der Waals surface area contributed by atoms with Crippen molar-refractivity contribution >= 4 is 131 Å². The number of alkyl halides is 6. The molecule has 20 aromatic rings. The Morgan fingerprint density at radius 3 is 0.730 bits per heavy atom. The first-order valence-corrected chi connectivity index (χ1v) is 32.8. The number of aromatic nitrogens is 6. The minimum atomic E-state index is -5.33. The summed E-state index contributed by atoms with van der Waals surface area (Å²) in [4.78, 5) is 0. The van der Waals surface area contributed by atoms with Gasteiger partial charge in [-0.05, 0) is 151 Å². The summed E-state index contributed by atoms with van der Waals surface area (Å²) in [6.07, 6.45) is -10.5. The Bertz CT molecular complexity index is 6050. The van der Waals surface area contributed by atoms with Crippen molar-refractivity contribution < 1.29 is 26.3 Å². The van der Waals surface area contributed by atoms with Gasteiger partial charge in [-0.25, -0.2) is 0 Å². The van der Waals surface area contributed by atoms with Gasteiger partial charge in [0.25, 0.3) is 0 Å². The van der Waals surface area contributed by atoms with Crippen LogP contribution in [0.1, 0.15) is 16.7 Å². The zero-order chi connectivity index (χ0) is 67.0. The van der Waals surface area contributed by atoms with Crippen molar-refractivity contribution in [2.75, 3.05) is 0 Å². The lowest BCUT2D eigenvalue weighted by atomic mass is 9.92. The minimum Gasteiger partial charge on any atom is -0.309 e. The van der Waals surface area contributed by atoms with Crippen molar-refractivity contribution in [1.29, 1.82) is 5.26 Å². The standard InChI is InChI=1S/C87H49F6N7/c88-86(89,90)52-33-38-65(70(45-52)87(91,92)93)85-83(99-79-39-34-53(95-71-25-9-1-17-57(71)58-18-2-10-26-72(58)95)46-66(79)67-47-54(35-40-80(67)99)96-73-27-11-3-19-59(73)60-20-4-12-28-74(60)96)43-51(50-94)44-84(85)100-81-41-36-55(97-75-29-13-5-21-61(75)62-22-6-14-30-76(62)97)48-68(81)69-49-56(37-42-82(69)100)98-77-31-15-7-23-63(77)64-24-8-16-32-78(64)98/h1-49H. The maximum absolute atomic E-state index is 16.6. The Balaban J connectivity index is 0.930. The van der Waals surface area contributed by atoms with Crippen LogP contribution in [-0.2, 0) is 12.4 Å². The molecule has 14 aromatic carbocycles. The predicted molar refractivity (Wildman–Crippen MR) is 393 cm³/mol. The van der Waals surface area contributed by atoms with Crippen molar-refractivity contribution in [3.05, 3.63) is 314 Å². The van der Waals surface area contributed by atoms with E-state index in [1.807, 2.05) is 155 Å². The van der Waals surface area contributed by atoms with Gasteiger partial charge in [0.05, 0.1) is 100 Å². The van der Waals surface area contributed by atoms with Crippen molar-refractivity contribution in [3.8, 4) is 51.3 Å². The molecule has 0 saturated heterocycles. The lowest BCUT2D eigenvalue weighted by Crippen LogP contribution is -2.14. The van der Waals surface area contributed by atoms with Gasteiger partial charge in [-0.2, -0.15) is 31.6 Å². The fourth-order valence-corrected chi connectivity index (χ4v) is 16.4. The summed E-state index contributed by atoms with van der Waals surface area (Å²) in [7, 11) is 0. The molecule has 0 atom stereocenters. The Kier molecular flexibility index (Phi) is 12.0. The zero-order valence-electron chi connectivity index (χ0n) is 52.7. The average Bonchev–Trinajstić information content (AvgIpc) is 1.54. The molecule has 13 heteroatoms. The Morgan fingerprint density at radius 1 is 0.240 bits per heavy atom. The number of benzene rings is 14. The highest BCUT2D eigenvalue weighted by atomic mass is 19.4. The molecule has 0 aliphatic carbocycles. The van der Waals surface area contributed by atoms with Gasteiger partial charge in [0, 0.05) is 92.9 Å². The van der Waals surface area contributed by atoms with Gasteiger partial charge in [0.1, 0.15) is 0 Å². The molecule has 0 spiro atoms. The van der Waals surface area contributed by atoms with E-state index in [4.69, 9.17) is 0 Å². The van der Waals surface area contributed by atoms with Crippen LogP contribution in [0.15, 0.2) is 297 Å². The fourth-order valence-electron chi connectivity index (χ4n) is 16.4. The second-order valence-electron chi connectivity index (χ2n) is 25.7. The molecule has 20 rings (SSSR count). The number of hydrogen-bond acceptors (Lipinski definition) is 1. The van der Waals surface area contributed by atoms with E-state index in [-0.39, 0.29) is 28.6 Å². The second kappa shape index (κ2) is 21.0. The molecule has 0 saturated carbocycles. The molecule has 0 amide bonds. The quantitative estimate of drug-likeness (QED) is 0.147. The molecule has 0 unspecified atom stereocenters. The van der Waals surface area contributed by atoms with E-state index in [1.165, 1.54) is 0 Å². The second-order valence-corrected chi connectivity index (χ2v) is 25.7. The van der Waals surface area contributed by atoms with Crippen LogP contribution in [0.25, 0.3) is 176 Å². The van der Waals surface area contributed by atoms with E-state index < -0.39 is 29.0 Å². The lowest BCUT2D eigenvalue weighted by molar-refractivity contribution is -0.142. The lowest BCUT2D eigenvalue weighted by Gasteiger charge is -2.24. The smallest absolute Gasteiger partial charge is 0.309 e. The van der Waals surface area contributed by atoms with Gasteiger partial charge >= 0.3 is 12.4 Å². The van der Waals surface area contributed by atoms with Crippen LogP contribution in [-0.4, -0.2) is 27.4 Å². The van der Waals surface area contributed by atoms with E-state index in [0.717, 1.165) is 144 Å². The normalized spacial score (nSPS) is 12.5. The molecular formula is C87H49F6N7. The summed E-state index contributed by atoms with van der Waals surface area (Å²) >= 11 is 0. The Morgan fingerprint density at radius 2 is 0.490 bits per heavy atom. The van der Waals surface area contributed by atoms with E-state index in [0.29, 0.717) is 22.1 Å². The van der Waals surface area contributed by atoms with Gasteiger partial charge in [-0.3, -0.25) is 0 Å². The summed E-state index contributed by atoms with van der Waals surface area (Å²) in [6, 6.07) is 97.3. The molecule has 0 aliphatic rings. The Hall–Kier alpha value is -13.1. The summed E-state index contributed by atoms with van der Waals surface area (Å²) in [5.74, 6) is 0. The van der Waals surface area contributed by atoms with E-state index in [9.17, 15) is 5.26 Å². The van der Waals surface area contributed by atoms with Gasteiger partial charge in [-0.1, -0.05) is 152 Å². The van der Waals surface area contributed by atoms with Crippen LogP contribution in [0, 0.1) is 11.3 Å². The van der Waals surface area contributed by atoms with Crippen LogP contribution in [0.2, 0.25) is 0 Å². The highest BCUT2D eigenvalue weighted by molar-refractivity contribution is 6.18. The zero-order valence-corrected chi connectivity index (χ0v) is 52.7. The predicted octanol–water partition coefficient (Wildman–Crippen LogP) is 23.8. The van der Waals surface area contributed by atoms with Crippen LogP contribution in [0.5, 0.6) is 0 Å². The molecule has 0 radical (unpaired) electrons. The SMILES string of the molecule is N#Cc1cc(-n2c3ccc(-n4c5ccccc5c5ccccc54)cc3c3cc(-n4c5ccccc5c5ccccc54)ccc32)c(-c2ccc(C(F)(F)F)cc2C(F)(F)F)c(-n2c3ccc(-n4c5ccccc5c5ccccc54)cc3c3cc(-n4c5ccccc5c5ccccc54)ccc32)c1. The van der Waals surface area contributed by atoms with Crippen LogP contribution < -0.4 is 0 Å². The topological polar surface area (TPSA) is 53.4 Å². The van der Waals surface area contributed by atoms with Crippen molar-refractivity contribution in [2.45, 2.75) is 12.4 Å². The molecule has 0 fully saturated rings. The van der Waals surface area contributed by atoms with Crippen molar-refractivity contribution in [3.63, 3.8) is 0 Å². The molecule has 0 N–H and O–H groups in total. The molecule has 100 heavy (non-hydrogen) atoms. The van der Waals surface area contributed by atoms with Gasteiger partial charge < -0.3 is 27.4 Å². The molecule has 0 bridgehead atoms. The van der Waals surface area contributed by atoms with Crippen molar-refractivity contribution in [2.24, 2.45) is 0 Å². The first-order valence-electron chi connectivity index (χ1n) is 32.8. The van der Waals surface area contributed by atoms with Gasteiger partial charge in [-0.15, -0.1) is 0 Å². The van der Waals surface area contributed by atoms with Crippen LogP contribution in [0.4, 0.5) is 26.3 Å². The van der Waals surface area contributed by atoms with E-state index in [2.05, 4.69) is 146 Å². The third-order valence-electron chi connectivity index (χ3n) is 20.4. The van der Waals surface area contributed by atoms with Gasteiger partial charge in [0.15, 0.2) is 0 Å². The summed E-state index contributed by atoms with van der Waals surface area (Å²) in [5, 5.41) is 22.9. The summed E-state index contributed by atoms with van der Waals surface area (Å²) < 4.78 is 108. The number of para-hydroxylation sites is 8. The van der Waals surface area contributed by atoms with Crippen molar-refractivity contribution in [1.82, 2.24) is 27.4 Å². The number of fused-ring (bicyclic) bond motifs is 18. The first kappa shape index (κ1) is 57.2. The number of nitriles is 1. The molecule has 6 aromatic heterocycles.